The molecule has 1 fully saturated rings. The summed E-state index contributed by atoms with van der Waals surface area (Å²) in [6.45, 7) is 2.01. The van der Waals surface area contributed by atoms with E-state index >= 15 is 0 Å². The molecule has 0 radical (unpaired) electrons. The van der Waals surface area contributed by atoms with E-state index in [0.29, 0.717) is 12.3 Å². The van der Waals surface area contributed by atoms with E-state index in [1.807, 2.05) is 53.7 Å². The Kier molecular flexibility index (Phi) is 4.57. The highest BCUT2D eigenvalue weighted by Crippen LogP contribution is 2.46. The number of para-hydroxylation sites is 1. The van der Waals surface area contributed by atoms with Crippen molar-refractivity contribution in [1.29, 1.82) is 0 Å². The maximum absolute atomic E-state index is 13.5. The van der Waals surface area contributed by atoms with Gasteiger partial charge in [-0.3, -0.25) is 4.68 Å². The van der Waals surface area contributed by atoms with Gasteiger partial charge in [0.05, 0.1) is 28.3 Å². The lowest BCUT2D eigenvalue weighted by molar-refractivity contribution is 0.628. The van der Waals surface area contributed by atoms with Crippen molar-refractivity contribution in [2.45, 2.75) is 32.1 Å². The Labute approximate surface area is 190 Å². The summed E-state index contributed by atoms with van der Waals surface area (Å²) < 4.78 is 17.3. The van der Waals surface area contributed by atoms with Crippen LogP contribution >= 0.6 is 0 Å². The van der Waals surface area contributed by atoms with Gasteiger partial charge in [0.25, 0.3) is 0 Å². The Balaban J connectivity index is 1.40. The molecule has 0 atom stereocenters. The van der Waals surface area contributed by atoms with E-state index in [-0.39, 0.29) is 5.82 Å². The third-order valence-corrected chi connectivity index (χ3v) is 6.31. The fourth-order valence-corrected chi connectivity index (χ4v) is 4.64. The lowest BCUT2D eigenvalue weighted by Gasteiger charge is -2.07. The standard InChI is InChI=1S/C26H23FN6/c1-16-21-5-3-4-6-23(21)33(30-16)24-14-20(28-15-29-24)13-22-25(17-7-8-17)26(32(2)31-22)18-9-11-19(27)12-10-18/h3-6,9-12,14-15,17H,7-8,13H2,1-2H3. The van der Waals surface area contributed by atoms with Crippen molar-refractivity contribution in [3.8, 4) is 17.1 Å². The Morgan fingerprint density at radius 1 is 1.00 bits per heavy atom. The molecule has 0 aliphatic heterocycles. The van der Waals surface area contributed by atoms with Crippen LogP contribution in [0.2, 0.25) is 0 Å². The predicted octanol–water partition coefficient (Wildman–Crippen LogP) is 5.13. The highest BCUT2D eigenvalue weighted by atomic mass is 19.1. The summed E-state index contributed by atoms with van der Waals surface area (Å²) in [4.78, 5) is 9.03. The Morgan fingerprint density at radius 2 is 1.79 bits per heavy atom. The first-order valence-corrected chi connectivity index (χ1v) is 11.2. The fraction of sp³-hybridized carbons (Fsp3) is 0.231. The van der Waals surface area contributed by atoms with E-state index in [4.69, 9.17) is 10.2 Å². The van der Waals surface area contributed by atoms with Crippen molar-refractivity contribution in [2.75, 3.05) is 0 Å². The molecule has 0 N–H and O–H groups in total. The minimum atomic E-state index is -0.232. The van der Waals surface area contributed by atoms with E-state index in [1.165, 1.54) is 17.7 Å². The Hall–Kier alpha value is -3.87. The van der Waals surface area contributed by atoms with Gasteiger partial charge >= 0.3 is 0 Å². The molecular formula is C26H23FN6. The van der Waals surface area contributed by atoms with E-state index in [2.05, 4.69) is 22.1 Å². The summed E-state index contributed by atoms with van der Waals surface area (Å²) >= 11 is 0. The monoisotopic (exact) mass is 438 g/mol. The van der Waals surface area contributed by atoms with Gasteiger partial charge in [-0.1, -0.05) is 18.2 Å². The molecule has 0 amide bonds. The maximum Gasteiger partial charge on any atom is 0.157 e. The summed E-state index contributed by atoms with van der Waals surface area (Å²) in [5.41, 5.74) is 7.21. The van der Waals surface area contributed by atoms with Gasteiger partial charge in [-0.05, 0) is 56.0 Å². The van der Waals surface area contributed by atoms with E-state index in [0.717, 1.165) is 57.9 Å². The molecule has 0 spiro atoms. The summed E-state index contributed by atoms with van der Waals surface area (Å²) in [6, 6.07) is 16.8. The minimum absolute atomic E-state index is 0.232. The summed E-state index contributed by atoms with van der Waals surface area (Å²) in [5, 5.41) is 10.7. The highest BCUT2D eigenvalue weighted by molar-refractivity contribution is 5.83. The van der Waals surface area contributed by atoms with Crippen LogP contribution in [0, 0.1) is 12.7 Å². The van der Waals surface area contributed by atoms with E-state index in [1.54, 1.807) is 6.33 Å². The topological polar surface area (TPSA) is 61.4 Å². The molecule has 0 bridgehead atoms. The summed E-state index contributed by atoms with van der Waals surface area (Å²) in [6.07, 6.45) is 4.51. The van der Waals surface area contributed by atoms with Crippen molar-refractivity contribution < 1.29 is 4.39 Å². The number of nitrogens with zero attached hydrogens (tertiary/aromatic N) is 6. The second kappa shape index (κ2) is 7.62. The van der Waals surface area contributed by atoms with Gasteiger partial charge in [-0.2, -0.15) is 10.2 Å². The average Bonchev–Trinajstić information content (AvgIpc) is 3.54. The highest BCUT2D eigenvalue weighted by Gasteiger charge is 2.32. The third kappa shape index (κ3) is 3.50. The van der Waals surface area contributed by atoms with Gasteiger partial charge in [0.2, 0.25) is 0 Å². The van der Waals surface area contributed by atoms with Crippen LogP contribution in [0.4, 0.5) is 4.39 Å². The van der Waals surface area contributed by atoms with Gasteiger partial charge in [-0.25, -0.2) is 19.0 Å². The Bertz CT molecular complexity index is 1480. The smallest absolute Gasteiger partial charge is 0.157 e. The molecule has 3 aromatic heterocycles. The minimum Gasteiger partial charge on any atom is -0.267 e. The van der Waals surface area contributed by atoms with Crippen LogP contribution < -0.4 is 0 Å². The maximum atomic E-state index is 13.5. The van der Waals surface area contributed by atoms with Crippen molar-refractivity contribution in [1.82, 2.24) is 29.5 Å². The van der Waals surface area contributed by atoms with Crippen LogP contribution in [0.3, 0.4) is 0 Å². The quantitative estimate of drug-likeness (QED) is 0.382. The first-order chi connectivity index (χ1) is 16.1. The number of fused-ring (bicyclic) bond motifs is 1. The fourth-order valence-electron chi connectivity index (χ4n) is 4.64. The number of benzene rings is 2. The molecule has 1 aliphatic rings. The second-order valence-corrected chi connectivity index (χ2v) is 8.67. The van der Waals surface area contributed by atoms with Gasteiger partial charge in [0, 0.05) is 36.0 Å². The van der Waals surface area contributed by atoms with Crippen molar-refractivity contribution in [3.05, 3.63) is 89.4 Å². The zero-order chi connectivity index (χ0) is 22.5. The average molecular weight is 439 g/mol. The first kappa shape index (κ1) is 19.8. The SMILES string of the molecule is Cc1nn(-c2cc(Cc3nn(C)c(-c4ccc(F)cc4)c3C3CC3)ncn2)c2ccccc12. The molecule has 3 heterocycles. The molecule has 0 unspecified atom stereocenters. The summed E-state index contributed by atoms with van der Waals surface area (Å²) in [5.74, 6) is 1.00. The normalized spacial score (nSPS) is 13.7. The second-order valence-electron chi connectivity index (χ2n) is 8.67. The number of aryl methyl sites for hydroxylation is 2. The molecule has 1 saturated carbocycles. The molecular weight excluding hydrogens is 415 g/mol. The van der Waals surface area contributed by atoms with Gasteiger partial charge < -0.3 is 0 Å². The largest absolute Gasteiger partial charge is 0.267 e. The molecule has 1 aliphatic carbocycles. The molecule has 7 heteroatoms. The molecule has 33 heavy (non-hydrogen) atoms. The summed E-state index contributed by atoms with van der Waals surface area (Å²) in [7, 11) is 1.96. The number of hydrogen-bond donors (Lipinski definition) is 0. The number of hydrogen-bond acceptors (Lipinski definition) is 4. The lowest BCUT2D eigenvalue weighted by atomic mass is 9.99. The third-order valence-electron chi connectivity index (χ3n) is 6.31. The van der Waals surface area contributed by atoms with Gasteiger partial charge in [0.15, 0.2) is 5.82 Å². The molecule has 6 rings (SSSR count). The predicted molar refractivity (Wildman–Crippen MR) is 125 cm³/mol. The van der Waals surface area contributed by atoms with Crippen molar-refractivity contribution in [3.63, 3.8) is 0 Å². The van der Waals surface area contributed by atoms with Crippen LogP contribution in [0.5, 0.6) is 0 Å². The number of halogens is 1. The Morgan fingerprint density at radius 3 is 2.58 bits per heavy atom. The van der Waals surface area contributed by atoms with Crippen molar-refractivity contribution in [2.24, 2.45) is 7.05 Å². The van der Waals surface area contributed by atoms with Crippen LogP contribution in [0.1, 0.15) is 41.4 Å². The zero-order valence-electron chi connectivity index (χ0n) is 18.5. The lowest BCUT2D eigenvalue weighted by Crippen LogP contribution is -2.04. The molecule has 164 valence electrons. The molecule has 6 nitrogen and oxygen atoms in total. The number of rotatable bonds is 5. The van der Waals surface area contributed by atoms with Crippen LogP contribution in [0.15, 0.2) is 60.9 Å². The van der Waals surface area contributed by atoms with Crippen LogP contribution in [0.25, 0.3) is 28.0 Å². The van der Waals surface area contributed by atoms with Gasteiger partial charge in [-0.15, -0.1) is 0 Å². The molecule has 0 saturated heterocycles. The van der Waals surface area contributed by atoms with E-state index < -0.39 is 0 Å². The van der Waals surface area contributed by atoms with Crippen LogP contribution in [-0.2, 0) is 13.5 Å². The molecule has 2 aromatic carbocycles. The number of aromatic nitrogens is 6. The van der Waals surface area contributed by atoms with Gasteiger partial charge in [0.1, 0.15) is 12.1 Å². The zero-order valence-corrected chi connectivity index (χ0v) is 18.5. The van der Waals surface area contributed by atoms with E-state index in [9.17, 15) is 4.39 Å². The van der Waals surface area contributed by atoms with Crippen LogP contribution in [-0.4, -0.2) is 29.5 Å². The molecule has 5 aromatic rings. The van der Waals surface area contributed by atoms with Crippen molar-refractivity contribution >= 4 is 10.9 Å². The first-order valence-electron chi connectivity index (χ1n) is 11.2.